The van der Waals surface area contributed by atoms with E-state index in [1.807, 2.05) is 30.3 Å². The maximum Gasteiger partial charge on any atom is 0.216 e. The number of aromatic amines is 1. The second-order valence-corrected chi connectivity index (χ2v) is 6.83. The number of aryl methyl sites for hydroxylation is 2. The first-order valence-corrected chi connectivity index (χ1v) is 9.58. The van der Waals surface area contributed by atoms with Crippen LogP contribution in [-0.4, -0.2) is 28.2 Å². The van der Waals surface area contributed by atoms with Gasteiger partial charge in [-0.2, -0.15) is 14.9 Å². The molecule has 0 saturated carbocycles. The number of rotatable bonds is 8. The third kappa shape index (κ3) is 4.86. The lowest BCUT2D eigenvalue weighted by Gasteiger charge is -2.11. The number of H-pyrrole nitrogens is 1. The largest absolute Gasteiger partial charge is 0.493 e. The molecule has 0 fully saturated rings. The molecule has 3 aromatic rings. The Balaban J connectivity index is 1.76. The number of hydrogen-bond donors (Lipinski definition) is 1. The number of benzene rings is 2. The Labute approximate surface area is 169 Å². The molecule has 2 aromatic carbocycles. The Bertz CT molecular complexity index is 1020. The summed E-state index contributed by atoms with van der Waals surface area (Å²) in [5.41, 5.74) is 3.20. The molecule has 0 spiro atoms. The molecular weight excluding hydrogens is 372 g/mol. The standard InChI is InChI=1S/C21H24N4O2S/c1-4-6-20-23-24-21(28)25(20)22-13-16-9-10-18(19(12-16)26-3)27-14-17-8-5-7-15(2)11-17/h5,7-13H,4,6,14H2,1-3H3,(H,24,28)/b22-13+. The highest BCUT2D eigenvalue weighted by atomic mass is 32.1. The van der Waals surface area contributed by atoms with Gasteiger partial charge < -0.3 is 9.47 Å². The van der Waals surface area contributed by atoms with E-state index in [0.29, 0.717) is 22.9 Å². The number of methoxy groups -OCH3 is 1. The molecule has 0 saturated heterocycles. The van der Waals surface area contributed by atoms with Crippen molar-refractivity contribution in [2.24, 2.45) is 5.10 Å². The van der Waals surface area contributed by atoms with Gasteiger partial charge in [0.25, 0.3) is 0 Å². The predicted molar refractivity (Wildman–Crippen MR) is 113 cm³/mol. The molecule has 6 nitrogen and oxygen atoms in total. The fourth-order valence-corrected chi connectivity index (χ4v) is 3.00. The van der Waals surface area contributed by atoms with Crippen LogP contribution in [0.1, 0.15) is 35.9 Å². The van der Waals surface area contributed by atoms with Crippen LogP contribution in [0.15, 0.2) is 47.6 Å². The van der Waals surface area contributed by atoms with Crippen LogP contribution in [0.2, 0.25) is 0 Å². The summed E-state index contributed by atoms with van der Waals surface area (Å²) in [4.78, 5) is 0. The number of hydrogen-bond acceptors (Lipinski definition) is 5. The van der Waals surface area contributed by atoms with E-state index in [2.05, 4.69) is 41.3 Å². The van der Waals surface area contributed by atoms with Crippen molar-refractivity contribution in [3.05, 3.63) is 69.8 Å². The summed E-state index contributed by atoms with van der Waals surface area (Å²) in [7, 11) is 1.63. The van der Waals surface area contributed by atoms with Gasteiger partial charge in [0, 0.05) is 6.42 Å². The predicted octanol–water partition coefficient (Wildman–Crippen LogP) is 4.67. The van der Waals surface area contributed by atoms with Gasteiger partial charge >= 0.3 is 0 Å². The summed E-state index contributed by atoms with van der Waals surface area (Å²) in [5.74, 6) is 2.16. The summed E-state index contributed by atoms with van der Waals surface area (Å²) < 4.78 is 13.5. The quantitative estimate of drug-likeness (QED) is 0.444. The smallest absolute Gasteiger partial charge is 0.216 e. The van der Waals surface area contributed by atoms with E-state index in [9.17, 15) is 0 Å². The van der Waals surface area contributed by atoms with Crippen LogP contribution < -0.4 is 9.47 Å². The van der Waals surface area contributed by atoms with Crippen LogP contribution in [-0.2, 0) is 13.0 Å². The van der Waals surface area contributed by atoms with E-state index in [-0.39, 0.29) is 0 Å². The van der Waals surface area contributed by atoms with Crippen LogP contribution in [0.3, 0.4) is 0 Å². The van der Waals surface area contributed by atoms with E-state index < -0.39 is 0 Å². The number of nitrogens with one attached hydrogen (secondary N) is 1. The van der Waals surface area contributed by atoms with Gasteiger partial charge in [0.15, 0.2) is 17.3 Å². The zero-order valence-electron chi connectivity index (χ0n) is 16.3. The molecule has 0 aliphatic carbocycles. The molecule has 1 aromatic heterocycles. The molecule has 0 radical (unpaired) electrons. The van der Waals surface area contributed by atoms with Crippen molar-refractivity contribution in [2.45, 2.75) is 33.3 Å². The summed E-state index contributed by atoms with van der Waals surface area (Å²) in [6.07, 6.45) is 3.51. The van der Waals surface area contributed by atoms with E-state index in [0.717, 1.165) is 29.8 Å². The molecule has 0 amide bonds. The minimum atomic E-state index is 0.477. The SMILES string of the molecule is CCCc1n[nH]c(=S)n1/N=C/c1ccc(OCc2cccc(C)c2)c(OC)c1. The molecule has 0 bridgehead atoms. The van der Waals surface area contributed by atoms with Crippen molar-refractivity contribution in [3.8, 4) is 11.5 Å². The molecule has 0 aliphatic rings. The van der Waals surface area contributed by atoms with Gasteiger partial charge in [0.1, 0.15) is 6.61 Å². The normalized spacial score (nSPS) is 11.1. The monoisotopic (exact) mass is 396 g/mol. The highest BCUT2D eigenvalue weighted by Crippen LogP contribution is 2.28. The third-order valence-corrected chi connectivity index (χ3v) is 4.44. The van der Waals surface area contributed by atoms with Crippen molar-refractivity contribution >= 4 is 18.4 Å². The lowest BCUT2D eigenvalue weighted by Crippen LogP contribution is -2.00. The zero-order chi connectivity index (χ0) is 19.9. The number of ether oxygens (including phenoxy) is 2. The minimum Gasteiger partial charge on any atom is -0.493 e. The molecule has 0 unspecified atom stereocenters. The molecule has 3 rings (SSSR count). The van der Waals surface area contributed by atoms with Gasteiger partial charge in [-0.3, -0.25) is 5.10 Å². The average Bonchev–Trinajstić information content (AvgIpc) is 3.05. The van der Waals surface area contributed by atoms with Crippen molar-refractivity contribution < 1.29 is 9.47 Å². The van der Waals surface area contributed by atoms with Crippen molar-refractivity contribution in [1.29, 1.82) is 0 Å². The van der Waals surface area contributed by atoms with Gasteiger partial charge in [-0.15, -0.1) is 0 Å². The molecular formula is C21H24N4O2S. The Morgan fingerprint density at radius 1 is 1.21 bits per heavy atom. The Morgan fingerprint density at radius 3 is 2.82 bits per heavy atom. The lowest BCUT2D eigenvalue weighted by atomic mass is 10.1. The highest BCUT2D eigenvalue weighted by molar-refractivity contribution is 7.71. The summed E-state index contributed by atoms with van der Waals surface area (Å²) in [5, 5.41) is 11.5. The fraction of sp³-hybridized carbons (Fsp3) is 0.286. The Morgan fingerprint density at radius 2 is 2.07 bits per heavy atom. The molecule has 28 heavy (non-hydrogen) atoms. The topological polar surface area (TPSA) is 64.4 Å². The van der Waals surface area contributed by atoms with Crippen molar-refractivity contribution in [2.75, 3.05) is 7.11 Å². The molecule has 0 atom stereocenters. The molecule has 146 valence electrons. The first kappa shape index (κ1) is 19.8. The third-order valence-electron chi connectivity index (χ3n) is 4.18. The summed E-state index contributed by atoms with van der Waals surface area (Å²) in [6, 6.07) is 13.9. The highest BCUT2D eigenvalue weighted by Gasteiger charge is 2.07. The molecule has 0 aliphatic heterocycles. The van der Waals surface area contributed by atoms with Crippen molar-refractivity contribution in [1.82, 2.24) is 14.9 Å². The second kappa shape index (κ2) is 9.32. The maximum absolute atomic E-state index is 5.94. The Hall–Kier alpha value is -2.93. The van der Waals surface area contributed by atoms with Crippen molar-refractivity contribution in [3.63, 3.8) is 0 Å². The summed E-state index contributed by atoms with van der Waals surface area (Å²) in [6.45, 7) is 4.64. The van der Waals surface area contributed by atoms with Gasteiger partial charge in [-0.25, -0.2) is 0 Å². The second-order valence-electron chi connectivity index (χ2n) is 6.44. The minimum absolute atomic E-state index is 0.477. The summed E-state index contributed by atoms with van der Waals surface area (Å²) >= 11 is 5.25. The van der Waals surface area contributed by atoms with E-state index in [1.165, 1.54) is 5.56 Å². The molecule has 7 heteroatoms. The van der Waals surface area contributed by atoms with Gasteiger partial charge in [-0.05, 0) is 54.9 Å². The lowest BCUT2D eigenvalue weighted by molar-refractivity contribution is 0.284. The van der Waals surface area contributed by atoms with Gasteiger partial charge in [-0.1, -0.05) is 36.8 Å². The maximum atomic E-state index is 5.94. The number of nitrogens with zero attached hydrogens (tertiary/aromatic N) is 3. The van der Waals surface area contributed by atoms with Gasteiger partial charge in [0.2, 0.25) is 4.77 Å². The average molecular weight is 397 g/mol. The first-order valence-electron chi connectivity index (χ1n) is 9.17. The first-order chi connectivity index (χ1) is 13.6. The fourth-order valence-electron chi connectivity index (χ4n) is 2.80. The van der Waals surface area contributed by atoms with Crippen LogP contribution >= 0.6 is 12.2 Å². The van der Waals surface area contributed by atoms with Crippen LogP contribution in [0.4, 0.5) is 0 Å². The van der Waals surface area contributed by atoms with Crippen LogP contribution in [0.5, 0.6) is 11.5 Å². The molecule has 1 heterocycles. The van der Waals surface area contributed by atoms with Crippen LogP contribution in [0, 0.1) is 11.7 Å². The Kier molecular flexibility index (Phi) is 6.60. The van der Waals surface area contributed by atoms with E-state index >= 15 is 0 Å². The van der Waals surface area contributed by atoms with Crippen LogP contribution in [0.25, 0.3) is 0 Å². The zero-order valence-corrected chi connectivity index (χ0v) is 17.1. The van der Waals surface area contributed by atoms with Gasteiger partial charge in [0.05, 0.1) is 13.3 Å². The molecule has 1 N–H and O–H groups in total. The number of aromatic nitrogens is 3. The van der Waals surface area contributed by atoms with E-state index in [1.54, 1.807) is 18.0 Å². The van der Waals surface area contributed by atoms with E-state index in [4.69, 9.17) is 21.7 Å².